The molecule has 0 aromatic heterocycles. The zero-order valence-electron chi connectivity index (χ0n) is 8.87. The van der Waals surface area contributed by atoms with Gasteiger partial charge in [0.05, 0.1) is 6.04 Å². The van der Waals surface area contributed by atoms with E-state index in [4.69, 9.17) is 4.74 Å². The minimum absolute atomic E-state index is 0.130. The van der Waals surface area contributed by atoms with Crippen LogP contribution < -0.4 is 14.8 Å². The lowest BCUT2D eigenvalue weighted by Crippen LogP contribution is -2.21. The van der Waals surface area contributed by atoms with Gasteiger partial charge < -0.3 is 14.8 Å². The van der Waals surface area contributed by atoms with Gasteiger partial charge in [-0.1, -0.05) is 6.92 Å². The zero-order valence-corrected chi connectivity index (χ0v) is 8.87. The van der Waals surface area contributed by atoms with Crippen LogP contribution in [-0.2, 0) is 0 Å². The molecular formula is C11H13F2NO2. The van der Waals surface area contributed by atoms with Gasteiger partial charge in [0.1, 0.15) is 18.1 Å². The van der Waals surface area contributed by atoms with E-state index in [0.29, 0.717) is 12.4 Å². The minimum atomic E-state index is -2.80. The smallest absolute Gasteiger partial charge is 0.387 e. The van der Waals surface area contributed by atoms with E-state index in [1.54, 1.807) is 6.07 Å². The molecule has 0 saturated carbocycles. The Hall–Kier alpha value is -1.36. The lowest BCUT2D eigenvalue weighted by molar-refractivity contribution is -0.0499. The van der Waals surface area contributed by atoms with Gasteiger partial charge in [-0.2, -0.15) is 8.78 Å². The molecule has 3 nitrogen and oxygen atoms in total. The molecule has 88 valence electrons. The summed E-state index contributed by atoms with van der Waals surface area (Å²) in [6.07, 6.45) is 0. The van der Waals surface area contributed by atoms with Crippen LogP contribution in [-0.4, -0.2) is 19.8 Å². The van der Waals surface area contributed by atoms with E-state index in [1.807, 2.05) is 6.92 Å². The average molecular weight is 229 g/mol. The van der Waals surface area contributed by atoms with Gasteiger partial charge in [-0.3, -0.25) is 0 Å². The van der Waals surface area contributed by atoms with Gasteiger partial charge in [0.2, 0.25) is 0 Å². The predicted molar refractivity (Wildman–Crippen MR) is 55.0 cm³/mol. The summed E-state index contributed by atoms with van der Waals surface area (Å²) in [7, 11) is 0. The first-order valence-electron chi connectivity index (χ1n) is 5.15. The molecule has 1 heterocycles. The van der Waals surface area contributed by atoms with E-state index in [1.165, 1.54) is 12.1 Å². The molecule has 0 aliphatic carbocycles. The lowest BCUT2D eigenvalue weighted by Gasteiger charge is -2.09. The Morgan fingerprint density at radius 3 is 3.06 bits per heavy atom. The molecule has 5 heteroatoms. The van der Waals surface area contributed by atoms with Gasteiger partial charge >= 0.3 is 6.61 Å². The molecule has 16 heavy (non-hydrogen) atoms. The van der Waals surface area contributed by atoms with Gasteiger partial charge in [-0.05, 0) is 18.7 Å². The highest BCUT2D eigenvalue weighted by atomic mass is 19.3. The van der Waals surface area contributed by atoms with Crippen molar-refractivity contribution in [2.75, 3.05) is 13.2 Å². The van der Waals surface area contributed by atoms with Gasteiger partial charge in [0.25, 0.3) is 0 Å². The number of benzene rings is 1. The lowest BCUT2D eigenvalue weighted by atomic mass is 10.1. The van der Waals surface area contributed by atoms with Crippen LogP contribution in [0.15, 0.2) is 18.2 Å². The fraction of sp³-hybridized carbons (Fsp3) is 0.455. The summed E-state index contributed by atoms with van der Waals surface area (Å²) in [6, 6.07) is 4.93. The average Bonchev–Trinajstić information content (AvgIpc) is 2.61. The summed E-state index contributed by atoms with van der Waals surface area (Å²) in [6.45, 7) is 0.570. The molecule has 1 aromatic rings. The minimum Gasteiger partial charge on any atom is -0.491 e. The number of ether oxygens (including phenoxy) is 2. The van der Waals surface area contributed by atoms with Crippen molar-refractivity contribution in [1.29, 1.82) is 0 Å². The Bertz CT molecular complexity index is 371. The molecule has 1 atom stereocenters. The van der Waals surface area contributed by atoms with Crippen molar-refractivity contribution in [1.82, 2.24) is 5.32 Å². The second-order valence-electron chi connectivity index (χ2n) is 3.50. The number of rotatable bonds is 4. The van der Waals surface area contributed by atoms with E-state index in [2.05, 4.69) is 10.1 Å². The normalized spacial score (nSPS) is 18.4. The molecule has 1 aromatic carbocycles. The van der Waals surface area contributed by atoms with Crippen molar-refractivity contribution >= 4 is 0 Å². The quantitative estimate of drug-likeness (QED) is 0.859. The summed E-state index contributed by atoms with van der Waals surface area (Å²) in [5, 5.41) is 3.25. The monoisotopic (exact) mass is 229 g/mol. The standard InChI is InChI=1S/C11H13F2NO2/c1-2-14-9-6-15-10-5-7(16-11(12)13)3-4-8(9)10/h3-5,9,11,14H,2,6H2,1H3. The highest BCUT2D eigenvalue weighted by molar-refractivity contribution is 5.45. The summed E-state index contributed by atoms with van der Waals surface area (Å²) >= 11 is 0. The Balaban J connectivity index is 2.15. The van der Waals surface area contributed by atoms with Crippen molar-refractivity contribution in [3.63, 3.8) is 0 Å². The maximum atomic E-state index is 12.0. The largest absolute Gasteiger partial charge is 0.491 e. The molecule has 0 fully saturated rings. The van der Waals surface area contributed by atoms with Crippen LogP contribution in [0.25, 0.3) is 0 Å². The van der Waals surface area contributed by atoms with Crippen LogP contribution >= 0.6 is 0 Å². The van der Waals surface area contributed by atoms with E-state index in [0.717, 1.165) is 12.1 Å². The predicted octanol–water partition coefficient (Wildman–Crippen LogP) is 2.33. The third kappa shape index (κ3) is 2.24. The Kier molecular flexibility index (Phi) is 3.24. The van der Waals surface area contributed by atoms with E-state index in [9.17, 15) is 8.78 Å². The Labute approximate surface area is 92.4 Å². The number of hydrogen-bond acceptors (Lipinski definition) is 3. The highest BCUT2D eigenvalue weighted by Gasteiger charge is 2.23. The van der Waals surface area contributed by atoms with Crippen LogP contribution in [0.4, 0.5) is 8.78 Å². The summed E-state index contributed by atoms with van der Waals surface area (Å²) in [4.78, 5) is 0. The van der Waals surface area contributed by atoms with E-state index >= 15 is 0 Å². The van der Waals surface area contributed by atoms with E-state index < -0.39 is 6.61 Å². The van der Waals surface area contributed by atoms with Crippen LogP contribution in [0, 0.1) is 0 Å². The van der Waals surface area contributed by atoms with Crippen molar-refractivity contribution in [3.05, 3.63) is 23.8 Å². The van der Waals surface area contributed by atoms with Gasteiger partial charge in [-0.25, -0.2) is 0 Å². The Morgan fingerprint density at radius 1 is 1.56 bits per heavy atom. The van der Waals surface area contributed by atoms with Crippen LogP contribution in [0.5, 0.6) is 11.5 Å². The van der Waals surface area contributed by atoms with Crippen LogP contribution in [0.1, 0.15) is 18.5 Å². The topological polar surface area (TPSA) is 30.5 Å². The fourth-order valence-electron chi connectivity index (χ4n) is 1.78. The molecule has 0 radical (unpaired) electrons. The van der Waals surface area contributed by atoms with Crippen molar-refractivity contribution < 1.29 is 18.3 Å². The first-order valence-corrected chi connectivity index (χ1v) is 5.15. The van der Waals surface area contributed by atoms with Crippen LogP contribution in [0.3, 0.4) is 0 Å². The molecule has 1 unspecified atom stereocenters. The van der Waals surface area contributed by atoms with Crippen molar-refractivity contribution in [2.45, 2.75) is 19.6 Å². The molecule has 1 aliphatic rings. The summed E-state index contributed by atoms with van der Waals surface area (Å²) in [5.41, 5.74) is 0.989. The van der Waals surface area contributed by atoms with Gasteiger partial charge in [0.15, 0.2) is 0 Å². The number of halogens is 2. The number of hydrogen-bond donors (Lipinski definition) is 1. The fourth-order valence-corrected chi connectivity index (χ4v) is 1.78. The maximum absolute atomic E-state index is 12.0. The molecule has 0 saturated heterocycles. The number of likely N-dealkylation sites (N-methyl/N-ethyl adjacent to an activating group) is 1. The first kappa shape index (κ1) is 11.1. The first-order chi connectivity index (χ1) is 7.70. The summed E-state index contributed by atoms with van der Waals surface area (Å²) in [5.74, 6) is 0.745. The second kappa shape index (κ2) is 4.65. The molecule has 2 rings (SSSR count). The Morgan fingerprint density at radius 2 is 2.38 bits per heavy atom. The van der Waals surface area contributed by atoms with Gasteiger partial charge in [0, 0.05) is 11.6 Å². The molecule has 0 spiro atoms. The van der Waals surface area contributed by atoms with Crippen LogP contribution in [0.2, 0.25) is 0 Å². The van der Waals surface area contributed by atoms with Crippen molar-refractivity contribution in [3.8, 4) is 11.5 Å². The van der Waals surface area contributed by atoms with Crippen molar-refractivity contribution in [2.24, 2.45) is 0 Å². The molecule has 0 bridgehead atoms. The highest BCUT2D eigenvalue weighted by Crippen LogP contribution is 2.35. The summed E-state index contributed by atoms with van der Waals surface area (Å²) < 4.78 is 33.7. The number of alkyl halides is 2. The molecular weight excluding hydrogens is 216 g/mol. The van der Waals surface area contributed by atoms with Gasteiger partial charge in [-0.15, -0.1) is 0 Å². The zero-order chi connectivity index (χ0) is 11.5. The second-order valence-corrected chi connectivity index (χ2v) is 3.50. The number of fused-ring (bicyclic) bond motifs is 1. The maximum Gasteiger partial charge on any atom is 0.387 e. The molecule has 1 N–H and O–H groups in total. The molecule has 0 amide bonds. The van der Waals surface area contributed by atoms with E-state index in [-0.39, 0.29) is 11.8 Å². The SMILES string of the molecule is CCNC1COc2cc(OC(F)F)ccc21. The molecule has 1 aliphatic heterocycles. The third-order valence-electron chi connectivity index (χ3n) is 2.44. The third-order valence-corrected chi connectivity index (χ3v) is 2.44. The number of nitrogens with one attached hydrogen (secondary N) is 1.